The highest BCUT2D eigenvalue weighted by Crippen LogP contribution is 2.10. The highest BCUT2D eigenvalue weighted by Gasteiger charge is 2.03. The summed E-state index contributed by atoms with van der Waals surface area (Å²) < 4.78 is 5.17. The number of ether oxygens (including phenoxy) is 1. The number of hydrogen-bond donors (Lipinski definition) is 1. The second kappa shape index (κ2) is 15.8. The van der Waals surface area contributed by atoms with Crippen molar-refractivity contribution >= 4 is 5.97 Å². The molecule has 0 aromatic rings. The molecule has 0 bridgehead atoms. The number of unbranched alkanes of at least 4 members (excludes halogenated alkanes) is 8. The minimum atomic E-state index is -0.0876. The molecule has 0 heterocycles. The van der Waals surface area contributed by atoms with Gasteiger partial charge in [-0.25, -0.2) is 0 Å². The molecule has 0 saturated heterocycles. The topological polar surface area (TPSA) is 49.8 Å². The third-order valence-corrected chi connectivity index (χ3v) is 3.70. The Morgan fingerprint density at radius 2 is 1.52 bits per heavy atom. The molecule has 4 heteroatoms. The van der Waals surface area contributed by atoms with Crippen molar-refractivity contribution in [2.45, 2.75) is 71.1 Å². The molecule has 0 rings (SSSR count). The van der Waals surface area contributed by atoms with E-state index < -0.39 is 0 Å². The Morgan fingerprint density at radius 1 is 0.952 bits per heavy atom. The molecule has 0 aromatic heterocycles. The van der Waals surface area contributed by atoms with E-state index in [4.69, 9.17) is 9.84 Å². The summed E-state index contributed by atoms with van der Waals surface area (Å²) in [5, 5.41) is 8.74. The molecule has 0 fully saturated rings. The van der Waals surface area contributed by atoms with Crippen molar-refractivity contribution in [1.82, 2.24) is 4.90 Å². The Labute approximate surface area is 130 Å². The number of hydrogen-bond acceptors (Lipinski definition) is 4. The average molecular weight is 301 g/mol. The zero-order valence-corrected chi connectivity index (χ0v) is 14.1. The summed E-state index contributed by atoms with van der Waals surface area (Å²) in [4.78, 5) is 13.4. The third-order valence-electron chi connectivity index (χ3n) is 3.70. The largest absolute Gasteiger partial charge is 0.464 e. The number of nitrogens with zero attached hydrogens (tertiary/aromatic N) is 1. The minimum absolute atomic E-state index is 0.0876. The summed E-state index contributed by atoms with van der Waals surface area (Å²) in [6, 6.07) is 0. The standard InChI is InChI=1S/C17H35NO3/c1-3-4-5-6-7-8-9-10-11-12-17(20)21-16-14-18(2)13-15-19/h19H,3-16H2,1-2H3. The maximum Gasteiger partial charge on any atom is 0.305 e. The van der Waals surface area contributed by atoms with Crippen LogP contribution in [0.3, 0.4) is 0 Å². The molecule has 0 aliphatic heterocycles. The highest BCUT2D eigenvalue weighted by molar-refractivity contribution is 5.69. The van der Waals surface area contributed by atoms with Gasteiger partial charge < -0.3 is 14.7 Å². The smallest absolute Gasteiger partial charge is 0.305 e. The van der Waals surface area contributed by atoms with Crippen LogP contribution in [0.25, 0.3) is 0 Å². The van der Waals surface area contributed by atoms with Gasteiger partial charge in [0.25, 0.3) is 0 Å². The van der Waals surface area contributed by atoms with Crippen molar-refractivity contribution < 1.29 is 14.6 Å². The Kier molecular flexibility index (Phi) is 15.3. The molecule has 0 atom stereocenters. The van der Waals surface area contributed by atoms with Crippen LogP contribution in [0.2, 0.25) is 0 Å². The predicted molar refractivity (Wildman–Crippen MR) is 87.4 cm³/mol. The van der Waals surface area contributed by atoms with Crippen molar-refractivity contribution in [3.05, 3.63) is 0 Å². The summed E-state index contributed by atoms with van der Waals surface area (Å²) >= 11 is 0. The van der Waals surface area contributed by atoms with Gasteiger partial charge in [-0.05, 0) is 13.5 Å². The van der Waals surface area contributed by atoms with Crippen molar-refractivity contribution in [2.24, 2.45) is 0 Å². The van der Waals surface area contributed by atoms with E-state index in [0.29, 0.717) is 26.1 Å². The summed E-state index contributed by atoms with van der Waals surface area (Å²) in [6.45, 7) is 4.11. The zero-order valence-electron chi connectivity index (χ0n) is 14.1. The Morgan fingerprint density at radius 3 is 2.10 bits per heavy atom. The van der Waals surface area contributed by atoms with Crippen molar-refractivity contribution in [2.75, 3.05) is 33.4 Å². The molecule has 21 heavy (non-hydrogen) atoms. The molecule has 0 aromatic carbocycles. The zero-order chi connectivity index (χ0) is 15.8. The fraction of sp³-hybridized carbons (Fsp3) is 0.941. The Balaban J connectivity index is 3.23. The molecule has 0 unspecified atom stereocenters. The van der Waals surface area contributed by atoms with Gasteiger partial charge in [-0.2, -0.15) is 0 Å². The van der Waals surface area contributed by atoms with Gasteiger partial charge in [0.2, 0.25) is 0 Å². The lowest BCUT2D eigenvalue weighted by Crippen LogP contribution is -2.27. The van der Waals surface area contributed by atoms with Crippen LogP contribution in [0.5, 0.6) is 0 Å². The molecular weight excluding hydrogens is 266 g/mol. The molecule has 0 saturated carbocycles. The summed E-state index contributed by atoms with van der Waals surface area (Å²) in [5.41, 5.74) is 0. The fourth-order valence-corrected chi connectivity index (χ4v) is 2.25. The van der Waals surface area contributed by atoms with Crippen LogP contribution in [-0.2, 0) is 9.53 Å². The predicted octanol–water partition coefficient (Wildman–Crippen LogP) is 3.37. The monoisotopic (exact) mass is 301 g/mol. The van der Waals surface area contributed by atoms with Gasteiger partial charge >= 0.3 is 5.97 Å². The molecule has 0 amide bonds. The lowest BCUT2D eigenvalue weighted by Gasteiger charge is -2.14. The number of carbonyl (C=O) groups is 1. The number of carbonyl (C=O) groups excluding carboxylic acids is 1. The molecule has 126 valence electrons. The van der Waals surface area contributed by atoms with Gasteiger partial charge in [0.1, 0.15) is 6.61 Å². The van der Waals surface area contributed by atoms with Gasteiger partial charge in [0.15, 0.2) is 0 Å². The van der Waals surface area contributed by atoms with E-state index in [-0.39, 0.29) is 12.6 Å². The first-order chi connectivity index (χ1) is 10.2. The molecule has 0 radical (unpaired) electrons. The molecule has 0 aliphatic rings. The van der Waals surface area contributed by atoms with Crippen molar-refractivity contribution in [3.63, 3.8) is 0 Å². The van der Waals surface area contributed by atoms with E-state index in [9.17, 15) is 4.79 Å². The van der Waals surface area contributed by atoms with E-state index in [2.05, 4.69) is 6.92 Å². The average Bonchev–Trinajstić information content (AvgIpc) is 2.46. The minimum Gasteiger partial charge on any atom is -0.464 e. The molecule has 1 N–H and O–H groups in total. The fourth-order valence-electron chi connectivity index (χ4n) is 2.25. The molecular formula is C17H35NO3. The number of aliphatic hydroxyl groups excluding tert-OH is 1. The van der Waals surface area contributed by atoms with Crippen LogP contribution in [0.4, 0.5) is 0 Å². The number of rotatable bonds is 15. The molecule has 0 spiro atoms. The molecule has 4 nitrogen and oxygen atoms in total. The third kappa shape index (κ3) is 15.6. The second-order valence-electron chi connectivity index (χ2n) is 5.83. The maximum atomic E-state index is 11.5. The van der Waals surface area contributed by atoms with Crippen LogP contribution >= 0.6 is 0 Å². The SMILES string of the molecule is CCCCCCCCCCCC(=O)OCCN(C)CCO. The quantitative estimate of drug-likeness (QED) is 0.372. The first-order valence-corrected chi connectivity index (χ1v) is 8.65. The summed E-state index contributed by atoms with van der Waals surface area (Å²) in [5.74, 6) is -0.0876. The van der Waals surface area contributed by atoms with Gasteiger partial charge in [-0.3, -0.25) is 4.79 Å². The van der Waals surface area contributed by atoms with E-state index in [1.54, 1.807) is 0 Å². The first-order valence-electron chi connectivity index (χ1n) is 8.65. The molecule has 0 aliphatic carbocycles. The second-order valence-corrected chi connectivity index (χ2v) is 5.83. The Hall–Kier alpha value is -0.610. The van der Waals surface area contributed by atoms with Crippen LogP contribution in [0.15, 0.2) is 0 Å². The first kappa shape index (κ1) is 20.4. The van der Waals surface area contributed by atoms with Gasteiger partial charge in [0.05, 0.1) is 6.61 Å². The Bertz CT molecular complexity index is 234. The maximum absolute atomic E-state index is 11.5. The normalized spacial score (nSPS) is 11.0. The van der Waals surface area contributed by atoms with Gasteiger partial charge in [-0.1, -0.05) is 58.3 Å². The van der Waals surface area contributed by atoms with Crippen LogP contribution in [0.1, 0.15) is 71.1 Å². The van der Waals surface area contributed by atoms with E-state index in [0.717, 1.165) is 12.8 Å². The van der Waals surface area contributed by atoms with Crippen LogP contribution < -0.4 is 0 Å². The van der Waals surface area contributed by atoms with Crippen molar-refractivity contribution in [1.29, 1.82) is 0 Å². The number of likely N-dealkylation sites (N-methyl/N-ethyl adjacent to an activating group) is 1. The summed E-state index contributed by atoms with van der Waals surface area (Å²) in [6.07, 6.45) is 11.9. The van der Waals surface area contributed by atoms with Gasteiger partial charge in [-0.15, -0.1) is 0 Å². The highest BCUT2D eigenvalue weighted by atomic mass is 16.5. The lowest BCUT2D eigenvalue weighted by molar-refractivity contribution is -0.144. The summed E-state index contributed by atoms with van der Waals surface area (Å²) in [7, 11) is 1.91. The van der Waals surface area contributed by atoms with Gasteiger partial charge in [0, 0.05) is 19.5 Å². The van der Waals surface area contributed by atoms with E-state index in [1.807, 2.05) is 11.9 Å². The van der Waals surface area contributed by atoms with Crippen LogP contribution in [-0.4, -0.2) is 49.3 Å². The van der Waals surface area contributed by atoms with E-state index >= 15 is 0 Å². The van der Waals surface area contributed by atoms with E-state index in [1.165, 1.54) is 44.9 Å². The number of aliphatic hydroxyl groups is 1. The van der Waals surface area contributed by atoms with Crippen molar-refractivity contribution in [3.8, 4) is 0 Å². The lowest BCUT2D eigenvalue weighted by atomic mass is 10.1. The van der Waals surface area contributed by atoms with Crippen LogP contribution in [0, 0.1) is 0 Å². The number of esters is 1.